The van der Waals surface area contributed by atoms with Crippen molar-refractivity contribution in [2.24, 2.45) is 0 Å². The quantitative estimate of drug-likeness (QED) is 0.323. The van der Waals surface area contributed by atoms with Crippen molar-refractivity contribution in [2.75, 3.05) is 0 Å². The molecule has 0 unspecified atom stereocenters. The number of aromatic nitrogens is 1. The van der Waals surface area contributed by atoms with E-state index in [1.54, 1.807) is 65.9 Å². The van der Waals surface area contributed by atoms with Crippen LogP contribution < -0.4 is 4.74 Å². The third kappa shape index (κ3) is 7.95. The molecule has 0 saturated heterocycles. The number of rotatable bonds is 5. The Morgan fingerprint density at radius 2 is 1.51 bits per heavy atom. The summed E-state index contributed by atoms with van der Waals surface area (Å²) in [6.45, 7) is 13.7. The van der Waals surface area contributed by atoms with Gasteiger partial charge < -0.3 is 14.2 Å². The summed E-state index contributed by atoms with van der Waals surface area (Å²) in [5.41, 5.74) is 1.03. The highest BCUT2D eigenvalue weighted by atomic mass is 19.4. The summed E-state index contributed by atoms with van der Waals surface area (Å²) in [6, 6.07) is 10.7. The summed E-state index contributed by atoms with van der Waals surface area (Å²) in [7, 11) is 0. The van der Waals surface area contributed by atoms with Gasteiger partial charge in [0.25, 0.3) is 0 Å². The van der Waals surface area contributed by atoms with E-state index in [0.29, 0.717) is 33.2 Å². The van der Waals surface area contributed by atoms with Crippen molar-refractivity contribution in [1.29, 1.82) is 0 Å². The second-order valence-corrected chi connectivity index (χ2v) is 10.7. The van der Waals surface area contributed by atoms with E-state index in [2.05, 4.69) is 16.3 Å². The molecule has 0 spiro atoms. The summed E-state index contributed by atoms with van der Waals surface area (Å²) < 4.78 is 52.9. The van der Waals surface area contributed by atoms with Crippen LogP contribution in [0.2, 0.25) is 0 Å². The minimum Gasteiger partial charge on any atom is -0.443 e. The van der Waals surface area contributed by atoms with Crippen LogP contribution in [0.1, 0.15) is 52.7 Å². The highest BCUT2D eigenvalue weighted by Crippen LogP contribution is 2.35. The lowest BCUT2D eigenvalue weighted by atomic mass is 9.93. The molecular weight excluding hydrogens is 513 g/mol. The number of carbonyl (C=O) groups is 2. The number of fused-ring (bicyclic) bond motifs is 1. The van der Waals surface area contributed by atoms with Crippen molar-refractivity contribution in [2.45, 2.75) is 65.7 Å². The Kier molecular flexibility index (Phi) is 8.28. The van der Waals surface area contributed by atoms with Crippen molar-refractivity contribution in [1.82, 2.24) is 9.88 Å². The zero-order chi connectivity index (χ0) is 29.2. The van der Waals surface area contributed by atoms with Gasteiger partial charge in [-0.3, -0.25) is 4.98 Å². The molecule has 39 heavy (non-hydrogen) atoms. The van der Waals surface area contributed by atoms with E-state index in [4.69, 9.17) is 9.47 Å². The van der Waals surface area contributed by atoms with Crippen molar-refractivity contribution in [3.05, 3.63) is 66.4 Å². The average molecular weight is 545 g/mol. The number of hydrogen-bond acceptors (Lipinski definition) is 6. The van der Waals surface area contributed by atoms with Crippen LogP contribution in [-0.4, -0.2) is 39.6 Å². The Hall–Kier alpha value is -4.08. The lowest BCUT2D eigenvalue weighted by Gasteiger charge is -2.29. The number of benzene rings is 2. The molecule has 0 aliphatic rings. The molecule has 0 radical (unpaired) electrons. The van der Waals surface area contributed by atoms with Crippen LogP contribution in [0.15, 0.2) is 55.2 Å². The van der Waals surface area contributed by atoms with Crippen LogP contribution >= 0.6 is 0 Å². The summed E-state index contributed by atoms with van der Waals surface area (Å²) in [5, 5.41) is 0.696. The topological polar surface area (TPSA) is 78.0 Å². The lowest BCUT2D eigenvalue weighted by Crippen LogP contribution is -2.43. The Labute approximate surface area is 225 Å². The van der Waals surface area contributed by atoms with Gasteiger partial charge in [-0.1, -0.05) is 30.9 Å². The molecule has 7 nitrogen and oxygen atoms in total. The fourth-order valence-electron chi connectivity index (χ4n) is 3.76. The number of imide groups is 1. The molecule has 0 aliphatic carbocycles. The van der Waals surface area contributed by atoms with E-state index in [9.17, 15) is 22.8 Å². The van der Waals surface area contributed by atoms with Gasteiger partial charge in [0, 0.05) is 17.1 Å². The maximum absolute atomic E-state index is 13.1. The van der Waals surface area contributed by atoms with Gasteiger partial charge in [-0.2, -0.15) is 0 Å². The number of carbonyl (C=O) groups excluding carboxylic acids is 2. The summed E-state index contributed by atoms with van der Waals surface area (Å²) in [4.78, 5) is 31.6. The highest BCUT2D eigenvalue weighted by molar-refractivity contribution is 6.00. The zero-order valence-electron chi connectivity index (χ0n) is 22.7. The van der Waals surface area contributed by atoms with E-state index in [1.165, 1.54) is 24.3 Å². The fourth-order valence-corrected chi connectivity index (χ4v) is 3.76. The summed E-state index contributed by atoms with van der Waals surface area (Å²) in [6.07, 6.45) is -3.46. The van der Waals surface area contributed by atoms with Crippen LogP contribution in [-0.2, 0) is 16.0 Å². The molecule has 0 atom stereocenters. The maximum Gasteiger partial charge on any atom is 0.573 e. The van der Waals surface area contributed by atoms with E-state index >= 15 is 0 Å². The first kappa shape index (κ1) is 29.5. The van der Waals surface area contributed by atoms with Gasteiger partial charge >= 0.3 is 18.5 Å². The Bertz CT molecular complexity index is 1340. The third-order valence-corrected chi connectivity index (χ3v) is 5.18. The minimum absolute atomic E-state index is 0.236. The van der Waals surface area contributed by atoms with Gasteiger partial charge in [0.2, 0.25) is 0 Å². The molecule has 3 rings (SSSR count). The molecular formula is C29H31F3N2O5. The highest BCUT2D eigenvalue weighted by Gasteiger charge is 2.33. The molecule has 0 fully saturated rings. The van der Waals surface area contributed by atoms with E-state index < -0.39 is 29.8 Å². The van der Waals surface area contributed by atoms with Gasteiger partial charge in [0.1, 0.15) is 17.0 Å². The number of halogens is 3. The van der Waals surface area contributed by atoms with Crippen LogP contribution in [0, 0.1) is 0 Å². The van der Waals surface area contributed by atoms with Gasteiger partial charge in [-0.15, -0.1) is 13.2 Å². The van der Waals surface area contributed by atoms with Crippen molar-refractivity contribution in [3.8, 4) is 16.9 Å². The standard InChI is InChI=1S/C29H31F3N2O5/c1-8-21-19(17-34(25(35)38-27(2,3)4)26(36)39-28(5,6)7)16-23(22-10-9-15-33-24(21)22)18-11-13-20(14-12-18)37-29(30,31)32/h8-16H,1,17H2,2-7H3. The first-order valence-corrected chi connectivity index (χ1v) is 12.1. The lowest BCUT2D eigenvalue weighted by molar-refractivity contribution is -0.274. The number of pyridine rings is 1. The predicted molar refractivity (Wildman–Crippen MR) is 142 cm³/mol. The van der Waals surface area contributed by atoms with Crippen LogP contribution in [0.25, 0.3) is 28.1 Å². The summed E-state index contributed by atoms with van der Waals surface area (Å²) in [5.74, 6) is -0.363. The molecule has 0 aliphatic heterocycles. The Morgan fingerprint density at radius 3 is 2.00 bits per heavy atom. The molecule has 1 heterocycles. The summed E-state index contributed by atoms with van der Waals surface area (Å²) >= 11 is 0. The first-order chi connectivity index (χ1) is 18.0. The predicted octanol–water partition coefficient (Wildman–Crippen LogP) is 8.12. The molecule has 0 bridgehead atoms. The van der Waals surface area contributed by atoms with Crippen LogP contribution in [0.3, 0.4) is 0 Å². The van der Waals surface area contributed by atoms with Gasteiger partial charge in [0.15, 0.2) is 0 Å². The van der Waals surface area contributed by atoms with Crippen molar-refractivity contribution in [3.63, 3.8) is 0 Å². The van der Waals surface area contributed by atoms with Crippen LogP contribution in [0.5, 0.6) is 5.75 Å². The molecule has 0 N–H and O–H groups in total. The first-order valence-electron chi connectivity index (χ1n) is 12.1. The molecule has 208 valence electrons. The molecule has 0 saturated carbocycles. The number of nitrogens with zero attached hydrogens (tertiary/aromatic N) is 2. The van der Waals surface area contributed by atoms with E-state index in [1.807, 2.05) is 6.07 Å². The van der Waals surface area contributed by atoms with E-state index in [-0.39, 0.29) is 12.3 Å². The SMILES string of the molecule is C=Cc1c(CN(C(=O)OC(C)(C)C)C(=O)OC(C)(C)C)cc(-c2ccc(OC(F)(F)F)cc2)c2cccnc12. The molecule has 2 aromatic carbocycles. The van der Waals surface area contributed by atoms with E-state index in [0.717, 1.165) is 4.90 Å². The molecule has 2 amide bonds. The minimum atomic E-state index is -4.82. The number of ether oxygens (including phenoxy) is 3. The number of alkyl halides is 3. The molecule has 10 heteroatoms. The van der Waals surface area contributed by atoms with Crippen molar-refractivity contribution < 1.29 is 37.0 Å². The average Bonchev–Trinajstić information content (AvgIpc) is 2.79. The molecule has 3 aromatic rings. The van der Waals surface area contributed by atoms with Gasteiger partial charge in [-0.05, 0) is 82.5 Å². The smallest absolute Gasteiger partial charge is 0.443 e. The number of amides is 2. The Morgan fingerprint density at radius 1 is 0.949 bits per heavy atom. The second-order valence-electron chi connectivity index (χ2n) is 10.7. The Balaban J connectivity index is 2.15. The largest absolute Gasteiger partial charge is 0.573 e. The van der Waals surface area contributed by atoms with Crippen LogP contribution in [0.4, 0.5) is 22.8 Å². The van der Waals surface area contributed by atoms with Gasteiger partial charge in [-0.25, -0.2) is 14.5 Å². The van der Waals surface area contributed by atoms with Gasteiger partial charge in [0.05, 0.1) is 12.1 Å². The second kappa shape index (κ2) is 11.0. The fraction of sp³-hybridized carbons (Fsp3) is 0.345. The van der Waals surface area contributed by atoms with Crippen molar-refractivity contribution >= 4 is 29.2 Å². The number of hydrogen-bond donors (Lipinski definition) is 0. The monoisotopic (exact) mass is 544 g/mol. The maximum atomic E-state index is 13.1. The molecule has 1 aromatic heterocycles. The zero-order valence-corrected chi connectivity index (χ0v) is 22.7. The normalized spacial score (nSPS) is 12.1. The third-order valence-electron chi connectivity index (χ3n) is 5.18.